The molecule has 4 heteroatoms. The predicted molar refractivity (Wildman–Crippen MR) is 123 cm³/mol. The quantitative estimate of drug-likeness (QED) is 0.567. The van der Waals surface area contributed by atoms with Gasteiger partial charge in [-0.2, -0.15) is 0 Å². The third-order valence-corrected chi connectivity index (χ3v) is 7.79. The van der Waals surface area contributed by atoms with Gasteiger partial charge in [-0.1, -0.05) is 70.5 Å². The Hall–Kier alpha value is -2.49. The van der Waals surface area contributed by atoms with Crippen LogP contribution in [0.3, 0.4) is 0 Å². The Kier molecular flexibility index (Phi) is 5.53. The highest BCUT2D eigenvalue weighted by Crippen LogP contribution is 2.60. The van der Waals surface area contributed by atoms with Crippen molar-refractivity contribution in [1.82, 2.24) is 5.32 Å². The zero-order valence-electron chi connectivity index (χ0n) is 19.2. The number of rotatable bonds is 4. The van der Waals surface area contributed by atoms with Crippen LogP contribution in [-0.2, 0) is 23.2 Å². The van der Waals surface area contributed by atoms with Gasteiger partial charge in [0.2, 0.25) is 5.91 Å². The van der Waals surface area contributed by atoms with E-state index in [1.54, 1.807) is 0 Å². The summed E-state index contributed by atoms with van der Waals surface area (Å²) in [6.45, 7) is 8.98. The van der Waals surface area contributed by atoms with Crippen LogP contribution < -0.4 is 5.32 Å². The summed E-state index contributed by atoms with van der Waals surface area (Å²) in [7, 11) is 0. The molecule has 1 amide bonds. The minimum absolute atomic E-state index is 0.0151. The van der Waals surface area contributed by atoms with Crippen LogP contribution in [0.25, 0.3) is 0 Å². The van der Waals surface area contributed by atoms with Crippen LogP contribution in [0.2, 0.25) is 0 Å². The van der Waals surface area contributed by atoms with E-state index in [0.717, 1.165) is 42.4 Å². The fourth-order valence-corrected chi connectivity index (χ4v) is 6.27. The number of hydrogen-bond donors (Lipinski definition) is 3. The van der Waals surface area contributed by atoms with Gasteiger partial charge in [0.15, 0.2) is 11.5 Å². The van der Waals surface area contributed by atoms with E-state index in [2.05, 4.69) is 19.2 Å². The number of phenolic OH excluding ortho intramolecular Hbond substituents is 2. The molecule has 31 heavy (non-hydrogen) atoms. The van der Waals surface area contributed by atoms with Gasteiger partial charge in [-0.05, 0) is 54.1 Å². The van der Waals surface area contributed by atoms with Crippen LogP contribution in [0.5, 0.6) is 11.5 Å². The van der Waals surface area contributed by atoms with Crippen molar-refractivity contribution in [3.8, 4) is 11.5 Å². The van der Waals surface area contributed by atoms with Gasteiger partial charge in [0.1, 0.15) is 0 Å². The lowest BCUT2D eigenvalue weighted by molar-refractivity contribution is -0.135. The van der Waals surface area contributed by atoms with Crippen molar-refractivity contribution in [3.05, 3.63) is 58.7 Å². The molecule has 2 aliphatic carbocycles. The molecule has 0 unspecified atom stereocenters. The molecule has 4 rings (SSSR count). The van der Waals surface area contributed by atoms with Gasteiger partial charge >= 0.3 is 0 Å². The van der Waals surface area contributed by atoms with Crippen LogP contribution in [0.1, 0.15) is 81.5 Å². The molecule has 2 aromatic rings. The van der Waals surface area contributed by atoms with Crippen LogP contribution in [-0.4, -0.2) is 16.1 Å². The Bertz CT molecular complexity index is 980. The molecule has 0 saturated heterocycles. The zero-order chi connectivity index (χ0) is 22.4. The van der Waals surface area contributed by atoms with Crippen molar-refractivity contribution in [2.24, 2.45) is 11.3 Å². The minimum atomic E-state index is -0.818. The summed E-state index contributed by atoms with van der Waals surface area (Å²) in [5.41, 5.74) is 2.66. The molecule has 1 fully saturated rings. The maximum atomic E-state index is 14.0. The molecule has 166 valence electrons. The normalized spacial score (nSPS) is 24.4. The lowest BCUT2D eigenvalue weighted by Crippen LogP contribution is -2.57. The zero-order valence-corrected chi connectivity index (χ0v) is 19.2. The summed E-state index contributed by atoms with van der Waals surface area (Å²) in [4.78, 5) is 14.0. The highest BCUT2D eigenvalue weighted by Gasteiger charge is 2.58. The summed E-state index contributed by atoms with van der Waals surface area (Å²) in [6.07, 6.45) is 4.43. The first-order valence-corrected chi connectivity index (χ1v) is 11.6. The summed E-state index contributed by atoms with van der Waals surface area (Å²) in [5.74, 6) is 0.0420. The number of benzene rings is 2. The van der Waals surface area contributed by atoms with E-state index in [4.69, 9.17) is 0 Å². The fourth-order valence-electron chi connectivity index (χ4n) is 6.27. The largest absolute Gasteiger partial charge is 0.504 e. The summed E-state index contributed by atoms with van der Waals surface area (Å²) in [6, 6.07) is 12.0. The van der Waals surface area contributed by atoms with E-state index >= 15 is 0 Å². The van der Waals surface area contributed by atoms with E-state index in [1.165, 1.54) is 0 Å². The SMILES string of the molecule is CC(C)c1cc2c(c(O)c1O)[C@@]1(C(=O)NCc3ccccc3)CCCC(C)(C)[C@@H]1CC2. The minimum Gasteiger partial charge on any atom is -0.504 e. The summed E-state index contributed by atoms with van der Waals surface area (Å²) >= 11 is 0. The number of phenols is 2. The molecule has 0 radical (unpaired) electrons. The smallest absolute Gasteiger partial charge is 0.231 e. The molecule has 1 saturated carbocycles. The molecule has 0 bridgehead atoms. The molecule has 2 aliphatic rings. The average molecular weight is 422 g/mol. The van der Waals surface area contributed by atoms with Crippen LogP contribution in [0.4, 0.5) is 0 Å². The third kappa shape index (κ3) is 3.50. The van der Waals surface area contributed by atoms with Gasteiger partial charge in [-0.3, -0.25) is 4.79 Å². The monoisotopic (exact) mass is 421 g/mol. The Labute approximate surface area is 185 Å². The van der Waals surface area contributed by atoms with Crippen molar-refractivity contribution in [2.45, 2.75) is 77.7 Å². The Morgan fingerprint density at radius 2 is 1.84 bits per heavy atom. The number of carbonyl (C=O) groups is 1. The first kappa shape index (κ1) is 21.7. The van der Waals surface area contributed by atoms with E-state index in [1.807, 2.05) is 50.2 Å². The molecule has 0 spiro atoms. The van der Waals surface area contributed by atoms with Crippen molar-refractivity contribution < 1.29 is 15.0 Å². The van der Waals surface area contributed by atoms with Gasteiger partial charge < -0.3 is 15.5 Å². The first-order chi connectivity index (χ1) is 14.7. The number of nitrogens with one attached hydrogen (secondary N) is 1. The van der Waals surface area contributed by atoms with Crippen LogP contribution >= 0.6 is 0 Å². The highest BCUT2D eigenvalue weighted by atomic mass is 16.3. The molecule has 3 N–H and O–H groups in total. The average Bonchev–Trinajstić information content (AvgIpc) is 2.74. The molecular formula is C27H35NO3. The first-order valence-electron chi connectivity index (χ1n) is 11.6. The maximum absolute atomic E-state index is 14.0. The molecular weight excluding hydrogens is 386 g/mol. The molecule has 0 heterocycles. The maximum Gasteiger partial charge on any atom is 0.231 e. The number of carbonyl (C=O) groups excluding carboxylic acids is 1. The molecule has 4 nitrogen and oxygen atoms in total. The second-order valence-corrected chi connectivity index (χ2v) is 10.4. The van der Waals surface area contributed by atoms with E-state index in [0.29, 0.717) is 18.5 Å². The molecule has 2 aromatic carbocycles. The van der Waals surface area contributed by atoms with Crippen LogP contribution in [0, 0.1) is 11.3 Å². The Balaban J connectivity index is 1.83. The molecule has 0 aromatic heterocycles. The van der Waals surface area contributed by atoms with Gasteiger partial charge in [0.05, 0.1) is 5.41 Å². The number of hydrogen-bond acceptors (Lipinski definition) is 3. The van der Waals surface area contributed by atoms with Crippen molar-refractivity contribution in [1.29, 1.82) is 0 Å². The topological polar surface area (TPSA) is 69.6 Å². The fraction of sp³-hybridized carbons (Fsp3) is 0.519. The van der Waals surface area contributed by atoms with Crippen molar-refractivity contribution >= 4 is 5.91 Å². The molecule has 0 aliphatic heterocycles. The van der Waals surface area contributed by atoms with Crippen molar-refractivity contribution in [3.63, 3.8) is 0 Å². The predicted octanol–water partition coefficient (Wildman–Crippen LogP) is 5.55. The standard InChI is InChI=1S/C27H35NO3/c1-17(2)20-15-19-11-12-21-26(3,4)13-8-14-27(21,22(19)24(30)23(20)29)25(31)28-16-18-9-6-5-7-10-18/h5-7,9-10,15,17,21,29-30H,8,11-14,16H2,1-4H3,(H,28,31)/t21-,27+/m0/s1. The van der Waals surface area contributed by atoms with E-state index < -0.39 is 5.41 Å². The Morgan fingerprint density at radius 1 is 1.13 bits per heavy atom. The van der Waals surface area contributed by atoms with E-state index in [9.17, 15) is 15.0 Å². The molecule has 2 atom stereocenters. The number of amides is 1. The third-order valence-electron chi connectivity index (χ3n) is 7.79. The Morgan fingerprint density at radius 3 is 2.52 bits per heavy atom. The lowest BCUT2D eigenvalue weighted by Gasteiger charge is -2.54. The summed E-state index contributed by atoms with van der Waals surface area (Å²) < 4.78 is 0. The van der Waals surface area contributed by atoms with E-state index in [-0.39, 0.29) is 34.7 Å². The van der Waals surface area contributed by atoms with Crippen LogP contribution in [0.15, 0.2) is 36.4 Å². The second-order valence-electron chi connectivity index (χ2n) is 10.4. The highest BCUT2D eigenvalue weighted by molar-refractivity contribution is 5.91. The number of fused-ring (bicyclic) bond motifs is 3. The second kappa shape index (κ2) is 7.89. The number of aromatic hydroxyl groups is 2. The van der Waals surface area contributed by atoms with Gasteiger partial charge in [0, 0.05) is 17.7 Å². The van der Waals surface area contributed by atoms with Crippen molar-refractivity contribution in [2.75, 3.05) is 0 Å². The lowest BCUT2D eigenvalue weighted by atomic mass is 9.49. The van der Waals surface area contributed by atoms with Gasteiger partial charge in [-0.15, -0.1) is 0 Å². The number of aryl methyl sites for hydroxylation is 1. The summed E-state index contributed by atoms with van der Waals surface area (Å²) in [5, 5.41) is 25.3. The van der Waals surface area contributed by atoms with Gasteiger partial charge in [0.25, 0.3) is 0 Å². The van der Waals surface area contributed by atoms with Gasteiger partial charge in [-0.25, -0.2) is 0 Å².